The van der Waals surface area contributed by atoms with Gasteiger partial charge in [-0.3, -0.25) is 15.6 Å². The van der Waals surface area contributed by atoms with Gasteiger partial charge in [0, 0.05) is 19.7 Å². The van der Waals surface area contributed by atoms with Gasteiger partial charge in [0.05, 0.1) is 0 Å². The molecule has 1 aromatic rings. The van der Waals surface area contributed by atoms with Crippen molar-refractivity contribution in [1.29, 1.82) is 0 Å². The maximum atomic E-state index is 10.3. The third-order valence-electron chi connectivity index (χ3n) is 1.34. The van der Waals surface area contributed by atoms with Gasteiger partial charge >= 0.3 is 0 Å². The predicted molar refractivity (Wildman–Crippen MR) is 59.8 cm³/mol. The average Bonchev–Trinajstić information content (AvgIpc) is 2.17. The summed E-state index contributed by atoms with van der Waals surface area (Å²) in [5, 5.41) is 1.50. The molecule has 0 radical (unpaired) electrons. The Balaban J connectivity index is 0.000000364. The molecule has 0 saturated heterocycles. The van der Waals surface area contributed by atoms with Crippen LogP contribution >= 0.6 is 0 Å². The summed E-state index contributed by atoms with van der Waals surface area (Å²) in [7, 11) is 3.56. The first-order valence-electron chi connectivity index (χ1n) is 4.20. The van der Waals surface area contributed by atoms with E-state index in [1.807, 2.05) is 18.2 Å². The first-order chi connectivity index (χ1) is 6.61. The standard InChI is InChI=1S/C9H8O.C2H8N2/c1-2-8-5-3-4-6-9(8)7-10;1-4(2)3/h2-7H,1H2;3H2,1-2H3. The summed E-state index contributed by atoms with van der Waals surface area (Å²) in [4.78, 5) is 10.3. The quantitative estimate of drug-likeness (QED) is 0.439. The topological polar surface area (TPSA) is 46.3 Å². The van der Waals surface area contributed by atoms with E-state index in [2.05, 4.69) is 6.58 Å². The summed E-state index contributed by atoms with van der Waals surface area (Å²) in [6, 6.07) is 7.33. The van der Waals surface area contributed by atoms with Crippen molar-refractivity contribution in [3.8, 4) is 0 Å². The Morgan fingerprint density at radius 3 is 2.00 bits per heavy atom. The Morgan fingerprint density at radius 2 is 1.71 bits per heavy atom. The van der Waals surface area contributed by atoms with Gasteiger partial charge in [-0.2, -0.15) is 0 Å². The van der Waals surface area contributed by atoms with Crippen molar-refractivity contribution in [2.45, 2.75) is 0 Å². The molecule has 1 aromatic carbocycles. The highest BCUT2D eigenvalue weighted by Gasteiger charge is 1.92. The summed E-state index contributed by atoms with van der Waals surface area (Å²) in [5.74, 6) is 4.94. The molecule has 0 fully saturated rings. The Labute approximate surface area is 84.8 Å². The van der Waals surface area contributed by atoms with Gasteiger partial charge in [0.2, 0.25) is 0 Å². The van der Waals surface area contributed by atoms with Gasteiger partial charge in [0.1, 0.15) is 0 Å². The number of benzene rings is 1. The second-order valence-corrected chi connectivity index (χ2v) is 2.91. The minimum atomic E-state index is 0.692. The van der Waals surface area contributed by atoms with Crippen LogP contribution in [0.4, 0.5) is 0 Å². The highest BCUT2D eigenvalue weighted by molar-refractivity contribution is 5.81. The molecule has 0 aromatic heterocycles. The lowest BCUT2D eigenvalue weighted by Crippen LogP contribution is -2.18. The highest BCUT2D eigenvalue weighted by atomic mass is 16.1. The van der Waals surface area contributed by atoms with Crippen LogP contribution in [0.2, 0.25) is 0 Å². The molecule has 0 amide bonds. The molecule has 3 heteroatoms. The Hall–Kier alpha value is -1.45. The van der Waals surface area contributed by atoms with E-state index in [-0.39, 0.29) is 0 Å². The molecule has 0 unspecified atom stereocenters. The van der Waals surface area contributed by atoms with Crippen LogP contribution in [0.3, 0.4) is 0 Å². The molecule has 0 heterocycles. The molecule has 0 aliphatic heterocycles. The van der Waals surface area contributed by atoms with E-state index >= 15 is 0 Å². The predicted octanol–water partition coefficient (Wildman–Crippen LogP) is 1.56. The van der Waals surface area contributed by atoms with E-state index in [1.54, 1.807) is 26.2 Å². The van der Waals surface area contributed by atoms with Gasteiger partial charge in [0.15, 0.2) is 6.29 Å². The van der Waals surface area contributed by atoms with Crippen LogP contribution in [0.15, 0.2) is 30.8 Å². The lowest BCUT2D eigenvalue weighted by Gasteiger charge is -1.94. The second-order valence-electron chi connectivity index (χ2n) is 2.91. The van der Waals surface area contributed by atoms with Crippen molar-refractivity contribution in [1.82, 2.24) is 5.01 Å². The normalized spacial score (nSPS) is 8.86. The summed E-state index contributed by atoms with van der Waals surface area (Å²) in [5.41, 5.74) is 1.58. The molecule has 3 nitrogen and oxygen atoms in total. The molecular weight excluding hydrogens is 176 g/mol. The van der Waals surface area contributed by atoms with E-state index in [4.69, 9.17) is 5.84 Å². The van der Waals surface area contributed by atoms with Crippen LogP contribution in [-0.4, -0.2) is 25.4 Å². The fourth-order valence-electron chi connectivity index (χ4n) is 0.804. The fraction of sp³-hybridized carbons (Fsp3) is 0.182. The van der Waals surface area contributed by atoms with Crippen molar-refractivity contribution >= 4 is 12.4 Å². The van der Waals surface area contributed by atoms with Crippen LogP contribution in [0.5, 0.6) is 0 Å². The van der Waals surface area contributed by atoms with Gasteiger partial charge < -0.3 is 0 Å². The number of rotatable bonds is 2. The maximum Gasteiger partial charge on any atom is 0.150 e. The number of hydrogen-bond donors (Lipinski definition) is 1. The van der Waals surface area contributed by atoms with E-state index < -0.39 is 0 Å². The van der Waals surface area contributed by atoms with Crippen LogP contribution in [0, 0.1) is 0 Å². The number of aldehydes is 1. The van der Waals surface area contributed by atoms with Gasteiger partial charge in [-0.25, -0.2) is 0 Å². The Kier molecular flexibility index (Phi) is 6.28. The van der Waals surface area contributed by atoms with Gasteiger partial charge in [0.25, 0.3) is 0 Å². The van der Waals surface area contributed by atoms with E-state index in [9.17, 15) is 4.79 Å². The van der Waals surface area contributed by atoms with Crippen molar-refractivity contribution < 1.29 is 4.79 Å². The molecule has 0 bridgehead atoms. The van der Waals surface area contributed by atoms with Crippen LogP contribution in [0.25, 0.3) is 6.08 Å². The molecule has 76 valence electrons. The molecular formula is C11H16N2O. The molecule has 0 spiro atoms. The van der Waals surface area contributed by atoms with E-state index in [1.165, 1.54) is 5.01 Å². The molecule has 0 aliphatic rings. The van der Waals surface area contributed by atoms with Crippen LogP contribution in [-0.2, 0) is 0 Å². The molecule has 1 rings (SSSR count). The fourth-order valence-corrected chi connectivity index (χ4v) is 0.804. The van der Waals surface area contributed by atoms with Crippen LogP contribution < -0.4 is 5.84 Å². The lowest BCUT2D eigenvalue weighted by atomic mass is 10.1. The first kappa shape index (κ1) is 12.6. The number of nitrogens with two attached hydrogens (primary N) is 1. The Bertz CT molecular complexity index is 265. The zero-order valence-electron chi connectivity index (χ0n) is 8.60. The third kappa shape index (κ3) is 5.24. The summed E-state index contributed by atoms with van der Waals surface area (Å²) in [6.45, 7) is 3.58. The van der Waals surface area contributed by atoms with E-state index in [0.29, 0.717) is 5.56 Å². The molecule has 0 saturated carbocycles. The van der Waals surface area contributed by atoms with Crippen molar-refractivity contribution in [2.24, 2.45) is 5.84 Å². The number of nitrogens with zero attached hydrogens (tertiary/aromatic N) is 1. The number of carbonyl (C=O) groups excluding carboxylic acids is 1. The number of hydrazine groups is 1. The Morgan fingerprint density at radius 1 is 1.29 bits per heavy atom. The van der Waals surface area contributed by atoms with Crippen molar-refractivity contribution in [3.05, 3.63) is 42.0 Å². The monoisotopic (exact) mass is 192 g/mol. The molecule has 14 heavy (non-hydrogen) atoms. The van der Waals surface area contributed by atoms with Crippen LogP contribution in [0.1, 0.15) is 15.9 Å². The SMILES string of the molecule is C=Cc1ccccc1C=O.CN(C)N. The average molecular weight is 192 g/mol. The number of carbonyl (C=O) groups is 1. The molecule has 0 atom stereocenters. The zero-order valence-corrected chi connectivity index (χ0v) is 8.60. The molecule has 2 N–H and O–H groups in total. The third-order valence-corrected chi connectivity index (χ3v) is 1.34. The minimum Gasteiger partial charge on any atom is -0.298 e. The van der Waals surface area contributed by atoms with Gasteiger partial charge in [-0.15, -0.1) is 0 Å². The number of hydrogen-bond acceptors (Lipinski definition) is 3. The maximum absolute atomic E-state index is 10.3. The van der Waals surface area contributed by atoms with Gasteiger partial charge in [-0.05, 0) is 5.56 Å². The summed E-state index contributed by atoms with van der Waals surface area (Å²) < 4.78 is 0. The lowest BCUT2D eigenvalue weighted by molar-refractivity contribution is 0.112. The summed E-state index contributed by atoms with van der Waals surface area (Å²) in [6.07, 6.45) is 2.50. The first-order valence-corrected chi connectivity index (χ1v) is 4.20. The minimum absolute atomic E-state index is 0.692. The molecule has 0 aliphatic carbocycles. The van der Waals surface area contributed by atoms with Crippen molar-refractivity contribution in [2.75, 3.05) is 14.1 Å². The highest BCUT2D eigenvalue weighted by Crippen LogP contribution is 2.06. The van der Waals surface area contributed by atoms with Crippen molar-refractivity contribution in [3.63, 3.8) is 0 Å². The van der Waals surface area contributed by atoms with Gasteiger partial charge in [-0.1, -0.05) is 36.9 Å². The second kappa shape index (κ2) is 7.00. The zero-order chi connectivity index (χ0) is 11.0. The largest absolute Gasteiger partial charge is 0.298 e. The smallest absolute Gasteiger partial charge is 0.150 e. The van der Waals surface area contributed by atoms with E-state index in [0.717, 1.165) is 11.8 Å². The summed E-state index contributed by atoms with van der Waals surface area (Å²) >= 11 is 0.